The molecule has 0 atom stereocenters. The maximum absolute atomic E-state index is 9.02. The second-order valence-electron chi connectivity index (χ2n) is 5.06. The van der Waals surface area contributed by atoms with Gasteiger partial charge in [-0.2, -0.15) is 5.26 Å². The molecule has 0 radical (unpaired) electrons. The summed E-state index contributed by atoms with van der Waals surface area (Å²) in [6.07, 6.45) is 3.53. The van der Waals surface area contributed by atoms with Crippen molar-refractivity contribution in [3.8, 4) is 6.07 Å². The maximum atomic E-state index is 9.02. The van der Waals surface area contributed by atoms with Gasteiger partial charge in [0.15, 0.2) is 0 Å². The van der Waals surface area contributed by atoms with Gasteiger partial charge in [-0.15, -0.1) is 0 Å². The summed E-state index contributed by atoms with van der Waals surface area (Å²) in [6, 6.07) is 5.81. The number of hydrogen-bond acceptors (Lipinski definition) is 5. The lowest BCUT2D eigenvalue weighted by Crippen LogP contribution is -2.32. The average Bonchev–Trinajstić information content (AvgIpc) is 2.48. The van der Waals surface area contributed by atoms with Gasteiger partial charge in [-0.05, 0) is 51.4 Å². The lowest BCUT2D eigenvalue weighted by Gasteiger charge is -2.22. The molecule has 108 valence electrons. The lowest BCUT2D eigenvalue weighted by atomic mass is 10.1. The quantitative estimate of drug-likeness (QED) is 0.775. The van der Waals surface area contributed by atoms with Crippen LogP contribution < -0.4 is 10.6 Å². The molecule has 0 aliphatic carbocycles. The number of anilines is 1. The first-order valence-electron chi connectivity index (χ1n) is 7.23. The summed E-state index contributed by atoms with van der Waals surface area (Å²) in [5.74, 6) is 0.675. The van der Waals surface area contributed by atoms with Crippen LogP contribution in [0.25, 0.3) is 0 Å². The number of nitriles is 1. The third-order valence-electron chi connectivity index (χ3n) is 3.41. The molecule has 1 aromatic heterocycles. The zero-order valence-electron chi connectivity index (χ0n) is 12.0. The van der Waals surface area contributed by atoms with Gasteiger partial charge in [-0.25, -0.2) is 4.98 Å². The summed E-state index contributed by atoms with van der Waals surface area (Å²) in [7, 11) is 0. The van der Waals surface area contributed by atoms with E-state index in [9.17, 15) is 0 Å². The van der Waals surface area contributed by atoms with Crippen LogP contribution in [0.1, 0.15) is 30.5 Å². The minimum atomic E-state index is 0.406. The van der Waals surface area contributed by atoms with Gasteiger partial charge in [-0.3, -0.25) is 0 Å². The summed E-state index contributed by atoms with van der Waals surface area (Å²) >= 11 is 0. The van der Waals surface area contributed by atoms with Crippen LogP contribution in [0.5, 0.6) is 0 Å². The van der Waals surface area contributed by atoms with Crippen molar-refractivity contribution in [2.24, 2.45) is 0 Å². The van der Waals surface area contributed by atoms with Crippen molar-refractivity contribution in [1.29, 1.82) is 5.26 Å². The molecule has 2 N–H and O–H groups in total. The van der Waals surface area contributed by atoms with Crippen LogP contribution in [-0.4, -0.2) is 37.3 Å². The lowest BCUT2D eigenvalue weighted by molar-refractivity contribution is 0.0329. The highest BCUT2D eigenvalue weighted by molar-refractivity contribution is 5.52. The third-order valence-corrected chi connectivity index (χ3v) is 3.41. The first-order valence-corrected chi connectivity index (χ1v) is 7.23. The first kappa shape index (κ1) is 14.8. The molecule has 0 saturated carbocycles. The number of piperidine rings is 1. The molecule has 1 fully saturated rings. The fourth-order valence-corrected chi connectivity index (χ4v) is 2.27. The Balaban J connectivity index is 1.68. The molecule has 0 bridgehead atoms. The SMILES string of the molecule is Cc1ccc(C#N)c(NCCCOC2CCNCC2)n1. The largest absolute Gasteiger partial charge is 0.378 e. The Kier molecular flexibility index (Phi) is 5.78. The molecule has 1 aliphatic rings. The van der Waals surface area contributed by atoms with E-state index in [-0.39, 0.29) is 0 Å². The number of aryl methyl sites for hydroxylation is 1. The summed E-state index contributed by atoms with van der Waals surface area (Å²) in [6.45, 7) is 5.57. The van der Waals surface area contributed by atoms with Gasteiger partial charge in [0, 0.05) is 18.8 Å². The van der Waals surface area contributed by atoms with E-state index in [1.807, 2.05) is 13.0 Å². The molecule has 5 heteroatoms. The van der Waals surface area contributed by atoms with E-state index in [1.165, 1.54) is 0 Å². The van der Waals surface area contributed by atoms with Crippen LogP contribution in [0.4, 0.5) is 5.82 Å². The second kappa shape index (κ2) is 7.83. The molecule has 0 aromatic carbocycles. The van der Waals surface area contributed by atoms with Crippen LogP contribution in [0.2, 0.25) is 0 Å². The average molecular weight is 274 g/mol. The monoisotopic (exact) mass is 274 g/mol. The number of pyridine rings is 1. The summed E-state index contributed by atoms with van der Waals surface area (Å²) in [4.78, 5) is 4.35. The zero-order valence-corrected chi connectivity index (χ0v) is 12.0. The predicted molar refractivity (Wildman–Crippen MR) is 78.6 cm³/mol. The molecule has 0 spiro atoms. The van der Waals surface area contributed by atoms with Gasteiger partial charge < -0.3 is 15.4 Å². The van der Waals surface area contributed by atoms with Gasteiger partial charge in [0.05, 0.1) is 11.7 Å². The van der Waals surface area contributed by atoms with E-state index in [2.05, 4.69) is 21.7 Å². The number of nitrogens with one attached hydrogen (secondary N) is 2. The molecule has 1 aromatic rings. The van der Waals surface area contributed by atoms with Gasteiger partial charge in [0.25, 0.3) is 0 Å². The normalized spacial score (nSPS) is 15.8. The van der Waals surface area contributed by atoms with E-state index >= 15 is 0 Å². The van der Waals surface area contributed by atoms with Crippen LogP contribution >= 0.6 is 0 Å². The molecule has 2 heterocycles. The number of nitrogens with zero attached hydrogens (tertiary/aromatic N) is 2. The second-order valence-corrected chi connectivity index (χ2v) is 5.06. The van der Waals surface area contributed by atoms with Crippen molar-refractivity contribution in [1.82, 2.24) is 10.3 Å². The molecule has 5 nitrogen and oxygen atoms in total. The zero-order chi connectivity index (χ0) is 14.2. The molecule has 20 heavy (non-hydrogen) atoms. The smallest absolute Gasteiger partial charge is 0.144 e. The first-order chi connectivity index (χ1) is 9.79. The van der Waals surface area contributed by atoms with Gasteiger partial charge in [-0.1, -0.05) is 0 Å². The fraction of sp³-hybridized carbons (Fsp3) is 0.600. The number of aromatic nitrogens is 1. The van der Waals surface area contributed by atoms with Crippen LogP contribution in [0.15, 0.2) is 12.1 Å². The van der Waals surface area contributed by atoms with E-state index < -0.39 is 0 Å². The standard InChI is InChI=1S/C15H22N4O/c1-12-3-4-13(11-16)15(19-12)18-7-2-10-20-14-5-8-17-9-6-14/h3-4,14,17H,2,5-10H2,1H3,(H,18,19). The molecule has 1 aliphatic heterocycles. The highest BCUT2D eigenvalue weighted by Crippen LogP contribution is 2.12. The highest BCUT2D eigenvalue weighted by Gasteiger charge is 2.12. The highest BCUT2D eigenvalue weighted by atomic mass is 16.5. The Morgan fingerprint density at radius 1 is 1.45 bits per heavy atom. The van der Waals surface area contributed by atoms with Gasteiger partial charge in [0.2, 0.25) is 0 Å². The van der Waals surface area contributed by atoms with Crippen molar-refractivity contribution >= 4 is 5.82 Å². The number of ether oxygens (including phenoxy) is 1. The van der Waals surface area contributed by atoms with Crippen molar-refractivity contribution in [2.75, 3.05) is 31.6 Å². The van der Waals surface area contributed by atoms with E-state index in [0.717, 1.165) is 51.2 Å². The van der Waals surface area contributed by atoms with E-state index in [1.54, 1.807) is 6.07 Å². The molecule has 2 rings (SSSR count). The third kappa shape index (κ3) is 4.48. The Morgan fingerprint density at radius 3 is 3.00 bits per heavy atom. The number of hydrogen-bond donors (Lipinski definition) is 2. The van der Waals surface area contributed by atoms with Crippen molar-refractivity contribution < 1.29 is 4.74 Å². The van der Waals surface area contributed by atoms with Crippen LogP contribution in [0, 0.1) is 18.3 Å². The van der Waals surface area contributed by atoms with Gasteiger partial charge in [0.1, 0.15) is 11.9 Å². The van der Waals surface area contributed by atoms with Crippen molar-refractivity contribution in [3.63, 3.8) is 0 Å². The Bertz CT molecular complexity index is 463. The van der Waals surface area contributed by atoms with Crippen molar-refractivity contribution in [3.05, 3.63) is 23.4 Å². The van der Waals surface area contributed by atoms with Crippen LogP contribution in [-0.2, 0) is 4.74 Å². The summed E-state index contributed by atoms with van der Waals surface area (Å²) < 4.78 is 5.84. The van der Waals surface area contributed by atoms with Crippen molar-refractivity contribution in [2.45, 2.75) is 32.3 Å². The summed E-state index contributed by atoms with van der Waals surface area (Å²) in [5.41, 5.74) is 1.51. The Hall–Kier alpha value is -1.64. The molecular formula is C15H22N4O. The fourth-order valence-electron chi connectivity index (χ4n) is 2.27. The molecule has 0 amide bonds. The Labute approximate surface area is 120 Å². The summed E-state index contributed by atoms with van der Waals surface area (Å²) in [5, 5.41) is 15.6. The predicted octanol–water partition coefficient (Wildman–Crippen LogP) is 1.83. The maximum Gasteiger partial charge on any atom is 0.144 e. The number of rotatable bonds is 6. The van der Waals surface area contributed by atoms with E-state index in [4.69, 9.17) is 10.00 Å². The minimum absolute atomic E-state index is 0.406. The minimum Gasteiger partial charge on any atom is -0.378 e. The van der Waals surface area contributed by atoms with E-state index in [0.29, 0.717) is 17.5 Å². The Morgan fingerprint density at radius 2 is 2.25 bits per heavy atom. The van der Waals surface area contributed by atoms with Crippen LogP contribution in [0.3, 0.4) is 0 Å². The molecular weight excluding hydrogens is 252 g/mol. The molecule has 0 unspecified atom stereocenters. The molecule has 1 saturated heterocycles. The van der Waals surface area contributed by atoms with Gasteiger partial charge >= 0.3 is 0 Å². The topological polar surface area (TPSA) is 70.0 Å².